The number of carboxylic acid groups (broad SMARTS) is 1. The van der Waals surface area contributed by atoms with E-state index in [4.69, 9.17) is 5.11 Å². The van der Waals surface area contributed by atoms with E-state index in [9.17, 15) is 9.59 Å². The molecule has 0 fully saturated rings. The Kier molecular flexibility index (Phi) is 3.92. The van der Waals surface area contributed by atoms with Gasteiger partial charge in [-0.2, -0.15) is 5.10 Å². The number of nitrogens with zero attached hydrogens (tertiary/aromatic N) is 1. The van der Waals surface area contributed by atoms with Crippen molar-refractivity contribution in [3.8, 4) is 0 Å². The van der Waals surface area contributed by atoms with E-state index in [0.29, 0.717) is 11.3 Å². The van der Waals surface area contributed by atoms with Gasteiger partial charge in [-0.1, -0.05) is 30.3 Å². The number of nitrogens with one attached hydrogen (secondary N) is 2. The van der Waals surface area contributed by atoms with Crippen LogP contribution in [0.25, 0.3) is 0 Å². The molecule has 2 rings (SSSR count). The first kappa shape index (κ1) is 12.8. The minimum atomic E-state index is -1.09. The summed E-state index contributed by atoms with van der Waals surface area (Å²) in [6.45, 7) is 0. The van der Waals surface area contributed by atoms with Crippen molar-refractivity contribution in [1.82, 2.24) is 15.5 Å². The average Bonchev–Trinajstić information content (AvgIpc) is 2.89. The quantitative estimate of drug-likeness (QED) is 0.743. The molecule has 0 bridgehead atoms. The van der Waals surface area contributed by atoms with Crippen LogP contribution in [-0.2, 0) is 16.0 Å². The second kappa shape index (κ2) is 5.81. The highest BCUT2D eigenvalue weighted by atomic mass is 16.4. The highest BCUT2D eigenvalue weighted by molar-refractivity contribution is 5.85. The molecule has 98 valence electrons. The van der Waals surface area contributed by atoms with Crippen molar-refractivity contribution in [3.05, 3.63) is 53.9 Å². The molecule has 0 saturated heterocycles. The number of amides is 1. The molecule has 2 aromatic rings. The maximum absolute atomic E-state index is 11.8. The van der Waals surface area contributed by atoms with Crippen molar-refractivity contribution in [3.63, 3.8) is 0 Å². The summed E-state index contributed by atoms with van der Waals surface area (Å²) in [7, 11) is 0. The van der Waals surface area contributed by atoms with Crippen LogP contribution in [0.15, 0.2) is 42.6 Å². The number of benzene rings is 1. The van der Waals surface area contributed by atoms with Gasteiger partial charge in [0.15, 0.2) is 6.04 Å². The van der Waals surface area contributed by atoms with Crippen LogP contribution in [0.3, 0.4) is 0 Å². The first-order chi connectivity index (χ1) is 9.16. The first-order valence-electron chi connectivity index (χ1n) is 5.72. The predicted octanol–water partition coefficient (Wildman–Crippen LogP) is 0.894. The van der Waals surface area contributed by atoms with Gasteiger partial charge in [0.2, 0.25) is 5.91 Å². The van der Waals surface area contributed by atoms with Crippen molar-refractivity contribution >= 4 is 11.9 Å². The van der Waals surface area contributed by atoms with Gasteiger partial charge in [-0.25, -0.2) is 4.79 Å². The lowest BCUT2D eigenvalue weighted by Gasteiger charge is -2.14. The van der Waals surface area contributed by atoms with E-state index in [-0.39, 0.29) is 12.3 Å². The molecule has 6 nitrogen and oxygen atoms in total. The minimum Gasteiger partial charge on any atom is -0.479 e. The van der Waals surface area contributed by atoms with Crippen molar-refractivity contribution in [2.24, 2.45) is 0 Å². The molecular formula is C13H13N3O3. The number of carbonyl (C=O) groups is 2. The normalized spacial score (nSPS) is 11.8. The number of carboxylic acids is 1. The van der Waals surface area contributed by atoms with Crippen LogP contribution in [0.5, 0.6) is 0 Å². The summed E-state index contributed by atoms with van der Waals surface area (Å²) in [5.41, 5.74) is 1.17. The Morgan fingerprint density at radius 2 is 2.00 bits per heavy atom. The lowest BCUT2D eigenvalue weighted by molar-refractivity contribution is -0.142. The van der Waals surface area contributed by atoms with Gasteiger partial charge < -0.3 is 10.4 Å². The number of H-pyrrole nitrogens is 1. The van der Waals surface area contributed by atoms with E-state index in [1.165, 1.54) is 6.20 Å². The van der Waals surface area contributed by atoms with Crippen LogP contribution < -0.4 is 5.32 Å². The third-order valence-corrected chi connectivity index (χ3v) is 2.59. The summed E-state index contributed by atoms with van der Waals surface area (Å²) in [6.07, 6.45) is 1.60. The molecule has 1 amide bonds. The second-order valence-corrected chi connectivity index (χ2v) is 4.01. The van der Waals surface area contributed by atoms with Crippen molar-refractivity contribution in [1.29, 1.82) is 0 Å². The monoisotopic (exact) mass is 259 g/mol. The van der Waals surface area contributed by atoms with Crippen LogP contribution >= 0.6 is 0 Å². The zero-order valence-electron chi connectivity index (χ0n) is 10.0. The van der Waals surface area contributed by atoms with Gasteiger partial charge in [-0.15, -0.1) is 0 Å². The van der Waals surface area contributed by atoms with Gasteiger partial charge in [0.25, 0.3) is 0 Å². The molecule has 0 aliphatic heterocycles. The number of hydrogen-bond acceptors (Lipinski definition) is 3. The highest BCUT2D eigenvalue weighted by Gasteiger charge is 2.21. The van der Waals surface area contributed by atoms with E-state index >= 15 is 0 Å². The molecule has 0 radical (unpaired) electrons. The third kappa shape index (κ3) is 3.41. The van der Waals surface area contributed by atoms with E-state index < -0.39 is 12.0 Å². The van der Waals surface area contributed by atoms with Crippen molar-refractivity contribution in [2.45, 2.75) is 12.5 Å². The van der Waals surface area contributed by atoms with E-state index in [1.807, 2.05) is 0 Å². The molecule has 1 heterocycles. The summed E-state index contributed by atoms with van der Waals surface area (Å²) in [5.74, 6) is -1.47. The van der Waals surface area contributed by atoms with Crippen molar-refractivity contribution < 1.29 is 14.7 Å². The molecule has 6 heteroatoms. The van der Waals surface area contributed by atoms with Crippen molar-refractivity contribution in [2.75, 3.05) is 0 Å². The Labute approximate surface area is 109 Å². The highest BCUT2D eigenvalue weighted by Crippen LogP contribution is 2.12. The van der Waals surface area contributed by atoms with Gasteiger partial charge in [-0.3, -0.25) is 9.89 Å². The number of aromatic nitrogens is 2. The number of aliphatic carboxylic acids is 1. The fraction of sp³-hybridized carbons (Fsp3) is 0.154. The molecule has 0 aliphatic carbocycles. The number of carbonyl (C=O) groups excluding carboxylic acids is 1. The smallest absolute Gasteiger partial charge is 0.330 e. The maximum Gasteiger partial charge on any atom is 0.330 e. The molecule has 0 aliphatic rings. The molecular weight excluding hydrogens is 246 g/mol. The van der Waals surface area contributed by atoms with Gasteiger partial charge in [-0.05, 0) is 11.6 Å². The SMILES string of the molecule is O=C(Cc1ccn[nH]1)NC(C(=O)O)c1ccccc1. The number of rotatable bonds is 5. The zero-order chi connectivity index (χ0) is 13.7. The molecule has 19 heavy (non-hydrogen) atoms. The van der Waals surface area contributed by atoms with Crippen LogP contribution in [0.2, 0.25) is 0 Å². The zero-order valence-corrected chi connectivity index (χ0v) is 10.0. The van der Waals surface area contributed by atoms with E-state index in [2.05, 4.69) is 15.5 Å². The molecule has 0 saturated carbocycles. The molecule has 1 atom stereocenters. The molecule has 1 unspecified atom stereocenters. The predicted molar refractivity (Wildman–Crippen MR) is 67.3 cm³/mol. The van der Waals surface area contributed by atoms with Gasteiger partial charge >= 0.3 is 5.97 Å². The van der Waals surface area contributed by atoms with Crippen LogP contribution in [0.1, 0.15) is 17.3 Å². The Balaban J connectivity index is 2.05. The van der Waals surface area contributed by atoms with Crippen LogP contribution in [0, 0.1) is 0 Å². The molecule has 3 N–H and O–H groups in total. The average molecular weight is 259 g/mol. The molecule has 1 aromatic carbocycles. The van der Waals surface area contributed by atoms with E-state index in [0.717, 1.165) is 0 Å². The lowest BCUT2D eigenvalue weighted by atomic mass is 10.1. The summed E-state index contributed by atoms with van der Waals surface area (Å²) in [4.78, 5) is 23.0. The Hall–Kier alpha value is -2.63. The standard InChI is InChI=1S/C13H13N3O3/c17-11(8-10-6-7-14-16-10)15-12(13(18)19)9-4-2-1-3-5-9/h1-7,12H,8H2,(H,14,16)(H,15,17)(H,18,19). The Morgan fingerprint density at radius 3 is 2.58 bits per heavy atom. The number of aromatic amines is 1. The van der Waals surface area contributed by atoms with E-state index in [1.54, 1.807) is 36.4 Å². The fourth-order valence-electron chi connectivity index (χ4n) is 1.70. The minimum absolute atomic E-state index is 0.0661. The van der Waals surface area contributed by atoms with Crippen LogP contribution in [-0.4, -0.2) is 27.2 Å². The molecule has 1 aromatic heterocycles. The van der Waals surface area contributed by atoms with Gasteiger partial charge in [0, 0.05) is 11.9 Å². The first-order valence-corrected chi connectivity index (χ1v) is 5.72. The lowest BCUT2D eigenvalue weighted by Crippen LogP contribution is -2.34. The van der Waals surface area contributed by atoms with Gasteiger partial charge in [0.05, 0.1) is 6.42 Å². The second-order valence-electron chi connectivity index (χ2n) is 4.01. The summed E-state index contributed by atoms with van der Waals surface area (Å²) < 4.78 is 0. The topological polar surface area (TPSA) is 95.1 Å². The Morgan fingerprint density at radius 1 is 1.26 bits per heavy atom. The Bertz CT molecular complexity index is 552. The summed E-state index contributed by atoms with van der Waals surface area (Å²) in [6, 6.07) is 9.19. The van der Waals surface area contributed by atoms with Gasteiger partial charge in [0.1, 0.15) is 0 Å². The maximum atomic E-state index is 11.8. The molecule has 0 spiro atoms. The summed E-state index contributed by atoms with van der Waals surface area (Å²) in [5, 5.41) is 18.0. The largest absolute Gasteiger partial charge is 0.479 e. The summed E-state index contributed by atoms with van der Waals surface area (Å²) >= 11 is 0. The fourth-order valence-corrected chi connectivity index (χ4v) is 1.70. The number of hydrogen-bond donors (Lipinski definition) is 3. The third-order valence-electron chi connectivity index (χ3n) is 2.59. The van der Waals surface area contributed by atoms with Crippen LogP contribution in [0.4, 0.5) is 0 Å².